The van der Waals surface area contributed by atoms with Gasteiger partial charge in [-0.3, -0.25) is 4.79 Å². The van der Waals surface area contributed by atoms with Crippen LogP contribution in [-0.4, -0.2) is 24.2 Å². The molecule has 2 rings (SSSR count). The number of rotatable bonds is 4. The molecule has 0 saturated heterocycles. The van der Waals surface area contributed by atoms with Gasteiger partial charge in [0.25, 0.3) is 5.91 Å². The summed E-state index contributed by atoms with van der Waals surface area (Å²) in [6.07, 6.45) is 5.68. The summed E-state index contributed by atoms with van der Waals surface area (Å²) in [6.45, 7) is 0. The average Bonchev–Trinajstić information content (AvgIpc) is 2.75. The summed E-state index contributed by atoms with van der Waals surface area (Å²) < 4.78 is 5.11. The van der Waals surface area contributed by atoms with E-state index in [1.54, 1.807) is 31.4 Å². The molecule has 1 atom stereocenters. The first-order chi connectivity index (χ1) is 9.70. The third-order valence-corrected chi connectivity index (χ3v) is 3.86. The van der Waals surface area contributed by atoms with Crippen molar-refractivity contribution in [2.24, 2.45) is 0 Å². The highest BCUT2D eigenvalue weighted by molar-refractivity contribution is 5.82. The number of amides is 1. The standard InChI is InChI=1S/C16H23NO3/c1-20-14-10-6-7-12(11-14)15(18)16(19)17-13-8-4-2-3-5-9-13/h6-7,10-11,13,15,18H,2-5,8-9H2,1H3,(H,17,19). The summed E-state index contributed by atoms with van der Waals surface area (Å²) in [5, 5.41) is 13.1. The van der Waals surface area contributed by atoms with Gasteiger partial charge in [0.15, 0.2) is 6.10 Å². The molecule has 0 aliphatic heterocycles. The van der Waals surface area contributed by atoms with E-state index in [9.17, 15) is 9.90 Å². The second-order valence-corrected chi connectivity index (χ2v) is 5.38. The molecule has 1 fully saturated rings. The van der Waals surface area contributed by atoms with E-state index < -0.39 is 6.10 Å². The molecular weight excluding hydrogens is 254 g/mol. The summed E-state index contributed by atoms with van der Waals surface area (Å²) in [7, 11) is 1.57. The minimum atomic E-state index is -1.13. The summed E-state index contributed by atoms with van der Waals surface area (Å²) in [5.41, 5.74) is 0.565. The molecule has 0 radical (unpaired) electrons. The maximum Gasteiger partial charge on any atom is 0.253 e. The fraction of sp³-hybridized carbons (Fsp3) is 0.562. The first-order valence-corrected chi connectivity index (χ1v) is 7.33. The van der Waals surface area contributed by atoms with Crippen LogP contribution in [0, 0.1) is 0 Å². The molecule has 1 saturated carbocycles. The molecule has 1 aromatic carbocycles. The maximum atomic E-state index is 12.1. The van der Waals surface area contributed by atoms with Crippen LogP contribution in [0.25, 0.3) is 0 Å². The number of carbonyl (C=O) groups is 1. The maximum absolute atomic E-state index is 12.1. The Morgan fingerprint density at radius 2 is 2.00 bits per heavy atom. The largest absolute Gasteiger partial charge is 0.497 e. The van der Waals surface area contributed by atoms with Crippen molar-refractivity contribution in [3.8, 4) is 5.75 Å². The number of benzene rings is 1. The zero-order chi connectivity index (χ0) is 14.4. The topological polar surface area (TPSA) is 58.6 Å². The van der Waals surface area contributed by atoms with Crippen molar-refractivity contribution >= 4 is 5.91 Å². The second-order valence-electron chi connectivity index (χ2n) is 5.38. The molecule has 1 aliphatic rings. The predicted octanol–water partition coefficient (Wildman–Crippen LogP) is 2.57. The van der Waals surface area contributed by atoms with E-state index in [-0.39, 0.29) is 11.9 Å². The van der Waals surface area contributed by atoms with Gasteiger partial charge < -0.3 is 15.2 Å². The molecule has 1 aliphatic carbocycles. The fourth-order valence-electron chi connectivity index (χ4n) is 2.67. The molecule has 1 amide bonds. The van der Waals surface area contributed by atoms with Gasteiger partial charge in [-0.1, -0.05) is 37.8 Å². The molecule has 0 heterocycles. The number of aliphatic hydroxyl groups is 1. The van der Waals surface area contributed by atoms with E-state index in [1.165, 1.54) is 12.8 Å². The van der Waals surface area contributed by atoms with Crippen LogP contribution >= 0.6 is 0 Å². The third kappa shape index (κ3) is 3.97. The van der Waals surface area contributed by atoms with E-state index in [1.807, 2.05) is 0 Å². The monoisotopic (exact) mass is 277 g/mol. The number of carbonyl (C=O) groups excluding carboxylic acids is 1. The number of ether oxygens (including phenoxy) is 1. The van der Waals surface area contributed by atoms with Crippen LogP contribution in [0.3, 0.4) is 0 Å². The Kier molecular flexibility index (Phi) is 5.41. The highest BCUT2D eigenvalue weighted by Crippen LogP contribution is 2.21. The lowest BCUT2D eigenvalue weighted by atomic mass is 10.1. The molecule has 20 heavy (non-hydrogen) atoms. The first kappa shape index (κ1) is 14.9. The molecule has 110 valence electrons. The highest BCUT2D eigenvalue weighted by Gasteiger charge is 2.21. The van der Waals surface area contributed by atoms with Gasteiger partial charge in [0.1, 0.15) is 5.75 Å². The van der Waals surface area contributed by atoms with Gasteiger partial charge >= 0.3 is 0 Å². The van der Waals surface area contributed by atoms with Crippen LogP contribution in [0.4, 0.5) is 0 Å². The SMILES string of the molecule is COc1cccc(C(O)C(=O)NC2CCCCCC2)c1. The van der Waals surface area contributed by atoms with Gasteiger partial charge in [0, 0.05) is 6.04 Å². The van der Waals surface area contributed by atoms with Crippen molar-refractivity contribution in [2.45, 2.75) is 50.7 Å². The fourth-order valence-corrected chi connectivity index (χ4v) is 2.67. The van der Waals surface area contributed by atoms with Crippen LogP contribution in [0.15, 0.2) is 24.3 Å². The smallest absolute Gasteiger partial charge is 0.253 e. The molecule has 0 bridgehead atoms. The molecule has 4 nitrogen and oxygen atoms in total. The number of methoxy groups -OCH3 is 1. The van der Waals surface area contributed by atoms with Crippen LogP contribution in [0.1, 0.15) is 50.2 Å². The van der Waals surface area contributed by atoms with Gasteiger partial charge in [-0.2, -0.15) is 0 Å². The molecule has 4 heteroatoms. The van der Waals surface area contributed by atoms with Gasteiger partial charge in [0.2, 0.25) is 0 Å². The Hall–Kier alpha value is -1.55. The van der Waals surface area contributed by atoms with E-state index in [0.717, 1.165) is 25.7 Å². The average molecular weight is 277 g/mol. The first-order valence-electron chi connectivity index (χ1n) is 7.33. The Morgan fingerprint density at radius 1 is 1.30 bits per heavy atom. The lowest BCUT2D eigenvalue weighted by Gasteiger charge is -2.19. The summed E-state index contributed by atoms with van der Waals surface area (Å²) in [5.74, 6) is 0.328. The predicted molar refractivity (Wildman–Crippen MR) is 77.6 cm³/mol. The van der Waals surface area contributed by atoms with Crippen LogP contribution in [-0.2, 0) is 4.79 Å². The van der Waals surface area contributed by atoms with Crippen molar-refractivity contribution in [1.29, 1.82) is 0 Å². The number of hydrogen-bond donors (Lipinski definition) is 2. The van der Waals surface area contributed by atoms with Crippen LogP contribution in [0.5, 0.6) is 5.75 Å². The Balaban J connectivity index is 1.96. The van der Waals surface area contributed by atoms with E-state index in [0.29, 0.717) is 11.3 Å². The Morgan fingerprint density at radius 3 is 2.65 bits per heavy atom. The molecular formula is C16H23NO3. The van der Waals surface area contributed by atoms with Crippen molar-refractivity contribution in [2.75, 3.05) is 7.11 Å². The number of aliphatic hydroxyl groups excluding tert-OH is 1. The molecule has 1 aromatic rings. The zero-order valence-corrected chi connectivity index (χ0v) is 12.0. The second kappa shape index (κ2) is 7.29. The Bertz CT molecular complexity index is 439. The van der Waals surface area contributed by atoms with Crippen LogP contribution < -0.4 is 10.1 Å². The minimum absolute atomic E-state index is 0.199. The van der Waals surface area contributed by atoms with Gasteiger partial charge in [-0.05, 0) is 30.5 Å². The van der Waals surface area contributed by atoms with Gasteiger partial charge in [-0.25, -0.2) is 0 Å². The number of nitrogens with one attached hydrogen (secondary N) is 1. The normalized spacial score (nSPS) is 18.1. The van der Waals surface area contributed by atoms with E-state index in [2.05, 4.69) is 5.32 Å². The minimum Gasteiger partial charge on any atom is -0.497 e. The van der Waals surface area contributed by atoms with Gasteiger partial charge in [0.05, 0.1) is 7.11 Å². The summed E-state index contributed by atoms with van der Waals surface area (Å²) in [6, 6.07) is 7.19. The van der Waals surface area contributed by atoms with E-state index >= 15 is 0 Å². The number of hydrogen-bond acceptors (Lipinski definition) is 3. The molecule has 2 N–H and O–H groups in total. The lowest BCUT2D eigenvalue weighted by molar-refractivity contribution is -0.130. The third-order valence-electron chi connectivity index (χ3n) is 3.86. The lowest BCUT2D eigenvalue weighted by Crippen LogP contribution is -2.37. The van der Waals surface area contributed by atoms with Gasteiger partial charge in [-0.15, -0.1) is 0 Å². The van der Waals surface area contributed by atoms with E-state index in [4.69, 9.17) is 4.74 Å². The summed E-state index contributed by atoms with van der Waals surface area (Å²) in [4.78, 5) is 12.1. The van der Waals surface area contributed by atoms with Crippen LogP contribution in [0.2, 0.25) is 0 Å². The zero-order valence-electron chi connectivity index (χ0n) is 12.0. The Labute approximate surface area is 120 Å². The van der Waals surface area contributed by atoms with Crippen molar-refractivity contribution in [3.63, 3.8) is 0 Å². The molecule has 1 unspecified atom stereocenters. The molecule has 0 aromatic heterocycles. The van der Waals surface area contributed by atoms with Crippen molar-refractivity contribution in [3.05, 3.63) is 29.8 Å². The molecule has 0 spiro atoms. The van der Waals surface area contributed by atoms with Crippen molar-refractivity contribution in [1.82, 2.24) is 5.32 Å². The highest BCUT2D eigenvalue weighted by atomic mass is 16.5. The summed E-state index contributed by atoms with van der Waals surface area (Å²) >= 11 is 0. The quantitative estimate of drug-likeness (QED) is 0.832. The van der Waals surface area contributed by atoms with Crippen molar-refractivity contribution < 1.29 is 14.6 Å².